The first-order chi connectivity index (χ1) is 16.8. The lowest BCUT2D eigenvalue weighted by Crippen LogP contribution is -2.37. The Balaban J connectivity index is 1.35. The molecule has 1 atom stereocenters. The van der Waals surface area contributed by atoms with Gasteiger partial charge >= 0.3 is 6.18 Å². The summed E-state index contributed by atoms with van der Waals surface area (Å²) >= 11 is 0. The normalized spacial score (nSPS) is 20.2. The highest BCUT2D eigenvalue weighted by Gasteiger charge is 2.37. The van der Waals surface area contributed by atoms with Gasteiger partial charge in [0.25, 0.3) is 0 Å². The summed E-state index contributed by atoms with van der Waals surface area (Å²) in [5.41, 5.74) is 0.271. The first kappa shape index (κ1) is 23.3. The molecule has 0 bridgehead atoms. The van der Waals surface area contributed by atoms with Crippen LogP contribution in [0.15, 0.2) is 36.4 Å². The lowest BCUT2D eigenvalue weighted by atomic mass is 10.1. The van der Waals surface area contributed by atoms with E-state index in [1.165, 1.54) is 11.0 Å². The molecule has 2 amide bonds. The van der Waals surface area contributed by atoms with Crippen LogP contribution in [0.5, 0.6) is 11.5 Å². The van der Waals surface area contributed by atoms with Crippen LogP contribution < -0.4 is 24.6 Å². The Morgan fingerprint density at radius 3 is 2.46 bits per heavy atom. The Morgan fingerprint density at radius 2 is 1.71 bits per heavy atom. The molecule has 5 rings (SSSR count). The fourth-order valence-corrected chi connectivity index (χ4v) is 4.46. The van der Waals surface area contributed by atoms with Crippen LogP contribution in [-0.4, -0.2) is 57.9 Å². The molecule has 0 aliphatic carbocycles. The quantitative estimate of drug-likeness (QED) is 0.707. The highest BCUT2D eigenvalue weighted by atomic mass is 19.4. The van der Waals surface area contributed by atoms with Crippen molar-refractivity contribution in [3.05, 3.63) is 42.0 Å². The molecule has 3 heterocycles. The summed E-state index contributed by atoms with van der Waals surface area (Å²) in [7, 11) is 0. The Kier molecular flexibility index (Phi) is 6.18. The van der Waals surface area contributed by atoms with Crippen LogP contribution in [0.4, 0.5) is 30.2 Å². The highest BCUT2D eigenvalue weighted by Crippen LogP contribution is 2.38. The van der Waals surface area contributed by atoms with E-state index in [0.29, 0.717) is 62.4 Å². The van der Waals surface area contributed by atoms with E-state index >= 15 is 0 Å². The van der Waals surface area contributed by atoms with Crippen molar-refractivity contribution >= 4 is 28.9 Å². The van der Waals surface area contributed by atoms with E-state index in [0.717, 1.165) is 12.1 Å². The Hall–Kier alpha value is -3.47. The zero-order valence-corrected chi connectivity index (χ0v) is 18.8. The first-order valence-corrected chi connectivity index (χ1v) is 11.3. The van der Waals surface area contributed by atoms with E-state index < -0.39 is 23.6 Å². The third-order valence-corrected chi connectivity index (χ3v) is 6.27. The summed E-state index contributed by atoms with van der Waals surface area (Å²) in [6.07, 6.45) is -4.60. The van der Waals surface area contributed by atoms with Gasteiger partial charge < -0.3 is 29.3 Å². The molecule has 0 unspecified atom stereocenters. The van der Waals surface area contributed by atoms with Crippen LogP contribution in [-0.2, 0) is 20.5 Å². The third kappa shape index (κ3) is 4.86. The molecule has 2 aromatic rings. The van der Waals surface area contributed by atoms with Crippen molar-refractivity contribution in [3.63, 3.8) is 0 Å². The number of hydrogen-bond acceptors (Lipinski definition) is 6. The fourth-order valence-electron chi connectivity index (χ4n) is 4.46. The molecule has 3 aliphatic heterocycles. The molecule has 8 nitrogen and oxygen atoms in total. The number of carbonyl (C=O) groups excluding carboxylic acids is 2. The van der Waals surface area contributed by atoms with Gasteiger partial charge in [-0.1, -0.05) is 0 Å². The number of benzene rings is 2. The molecule has 0 radical (unpaired) electrons. The predicted octanol–water partition coefficient (Wildman–Crippen LogP) is 3.30. The minimum absolute atomic E-state index is 0.0495. The molecular weight excluding hydrogens is 467 g/mol. The lowest BCUT2D eigenvalue weighted by molar-refractivity contribution is -0.137. The Morgan fingerprint density at radius 1 is 0.971 bits per heavy atom. The SMILES string of the molecule is O=C(Nc1cc(C(F)(F)F)ccc1N1CCOCC1)[C@H]1CC(=O)N(c2ccc3c(c2)OCCO3)C1. The molecule has 11 heteroatoms. The van der Waals surface area contributed by atoms with Crippen molar-refractivity contribution < 1.29 is 37.0 Å². The third-order valence-electron chi connectivity index (χ3n) is 6.27. The van der Waals surface area contributed by atoms with Crippen molar-refractivity contribution in [2.24, 2.45) is 5.92 Å². The number of hydrogen-bond donors (Lipinski definition) is 1. The Labute approximate surface area is 199 Å². The molecule has 0 spiro atoms. The van der Waals surface area contributed by atoms with Gasteiger partial charge in [0.1, 0.15) is 13.2 Å². The molecule has 0 saturated carbocycles. The minimum Gasteiger partial charge on any atom is -0.486 e. The molecule has 35 heavy (non-hydrogen) atoms. The molecule has 2 fully saturated rings. The van der Waals surface area contributed by atoms with Crippen LogP contribution in [0.3, 0.4) is 0 Å². The van der Waals surface area contributed by atoms with Gasteiger partial charge in [0.15, 0.2) is 11.5 Å². The number of rotatable bonds is 4. The maximum atomic E-state index is 13.4. The van der Waals surface area contributed by atoms with Crippen LogP contribution in [0.25, 0.3) is 0 Å². The summed E-state index contributed by atoms with van der Waals surface area (Å²) in [6, 6.07) is 8.43. The standard InChI is InChI=1S/C24H24F3N3O5/c25-24(26,27)16-1-3-19(29-5-7-33-8-6-29)18(12-16)28-23(32)15-11-22(31)30(14-15)17-2-4-20-21(13-17)35-10-9-34-20/h1-4,12-13,15H,5-11,14H2,(H,28,32)/t15-/m0/s1. The van der Waals surface area contributed by atoms with Gasteiger partial charge in [-0.2, -0.15) is 13.2 Å². The topological polar surface area (TPSA) is 80.3 Å². The minimum atomic E-state index is -4.55. The average molecular weight is 491 g/mol. The summed E-state index contributed by atoms with van der Waals surface area (Å²) < 4.78 is 56.5. The second-order valence-electron chi connectivity index (χ2n) is 8.55. The van der Waals surface area contributed by atoms with Gasteiger partial charge in [-0.15, -0.1) is 0 Å². The van der Waals surface area contributed by atoms with Gasteiger partial charge in [-0.05, 0) is 30.3 Å². The number of ether oxygens (including phenoxy) is 3. The van der Waals surface area contributed by atoms with Gasteiger partial charge in [-0.25, -0.2) is 0 Å². The van der Waals surface area contributed by atoms with E-state index in [-0.39, 0.29) is 24.6 Å². The maximum Gasteiger partial charge on any atom is 0.416 e. The van der Waals surface area contributed by atoms with E-state index in [1.54, 1.807) is 18.2 Å². The fraction of sp³-hybridized carbons (Fsp3) is 0.417. The number of nitrogens with zero attached hydrogens (tertiary/aromatic N) is 2. The van der Waals surface area contributed by atoms with Crippen molar-refractivity contribution in [3.8, 4) is 11.5 Å². The molecule has 3 aliphatic rings. The van der Waals surface area contributed by atoms with Gasteiger partial charge in [0, 0.05) is 37.8 Å². The summed E-state index contributed by atoms with van der Waals surface area (Å²) in [4.78, 5) is 29.2. The number of amides is 2. The molecule has 0 aromatic heterocycles. The Bertz CT molecular complexity index is 1130. The van der Waals surface area contributed by atoms with Crippen molar-refractivity contribution in [1.82, 2.24) is 0 Å². The molecule has 186 valence electrons. The van der Waals surface area contributed by atoms with Gasteiger partial charge in [0.2, 0.25) is 11.8 Å². The number of nitrogens with one attached hydrogen (secondary N) is 1. The average Bonchev–Trinajstić information content (AvgIpc) is 3.25. The summed E-state index contributed by atoms with van der Waals surface area (Å²) in [6.45, 7) is 2.82. The number of fused-ring (bicyclic) bond motifs is 1. The monoisotopic (exact) mass is 491 g/mol. The molecule has 2 aromatic carbocycles. The van der Waals surface area contributed by atoms with Crippen LogP contribution in [0.1, 0.15) is 12.0 Å². The van der Waals surface area contributed by atoms with Crippen molar-refractivity contribution in [1.29, 1.82) is 0 Å². The van der Waals surface area contributed by atoms with Crippen molar-refractivity contribution in [2.75, 3.05) is 61.2 Å². The van der Waals surface area contributed by atoms with Crippen LogP contribution >= 0.6 is 0 Å². The molecular formula is C24H24F3N3O5. The first-order valence-electron chi connectivity index (χ1n) is 11.3. The second kappa shape index (κ2) is 9.29. The largest absolute Gasteiger partial charge is 0.486 e. The number of morpholine rings is 1. The molecule has 1 N–H and O–H groups in total. The zero-order chi connectivity index (χ0) is 24.6. The number of halogens is 3. The summed E-state index contributed by atoms with van der Waals surface area (Å²) in [5, 5.41) is 2.66. The lowest BCUT2D eigenvalue weighted by Gasteiger charge is -2.31. The predicted molar refractivity (Wildman–Crippen MR) is 121 cm³/mol. The van der Waals surface area contributed by atoms with E-state index in [9.17, 15) is 22.8 Å². The van der Waals surface area contributed by atoms with E-state index in [2.05, 4.69) is 5.32 Å². The smallest absolute Gasteiger partial charge is 0.416 e. The summed E-state index contributed by atoms with van der Waals surface area (Å²) in [5.74, 6) is -0.371. The maximum absolute atomic E-state index is 13.4. The zero-order valence-electron chi connectivity index (χ0n) is 18.8. The van der Waals surface area contributed by atoms with Gasteiger partial charge in [-0.3, -0.25) is 9.59 Å². The molecule has 2 saturated heterocycles. The highest BCUT2D eigenvalue weighted by molar-refractivity contribution is 6.04. The van der Waals surface area contributed by atoms with E-state index in [4.69, 9.17) is 14.2 Å². The number of carbonyl (C=O) groups is 2. The second-order valence-corrected chi connectivity index (χ2v) is 8.55. The van der Waals surface area contributed by atoms with Crippen LogP contribution in [0, 0.1) is 5.92 Å². The van der Waals surface area contributed by atoms with Crippen LogP contribution in [0.2, 0.25) is 0 Å². The van der Waals surface area contributed by atoms with Crippen molar-refractivity contribution in [2.45, 2.75) is 12.6 Å². The van der Waals surface area contributed by atoms with Gasteiger partial charge in [0.05, 0.1) is 36.1 Å². The van der Waals surface area contributed by atoms with E-state index in [1.807, 2.05) is 4.90 Å². The number of anilines is 3. The number of alkyl halides is 3.